The monoisotopic (exact) mass is 536 g/mol. The number of nitrogens with zero attached hydrogens (tertiary/aromatic N) is 4. The van der Waals surface area contributed by atoms with Crippen LogP contribution in [0.1, 0.15) is 37.1 Å². The lowest BCUT2D eigenvalue weighted by molar-refractivity contribution is -0.117. The maximum atomic E-state index is 11.7. The number of amides is 1. The number of carbonyl (C=O) groups is 1. The van der Waals surface area contributed by atoms with Gasteiger partial charge >= 0.3 is 0 Å². The molecule has 1 saturated carbocycles. The summed E-state index contributed by atoms with van der Waals surface area (Å²) < 4.78 is 13.7. The van der Waals surface area contributed by atoms with Gasteiger partial charge in [-0.1, -0.05) is 24.6 Å². The predicted molar refractivity (Wildman–Crippen MR) is 155 cm³/mol. The molecule has 0 bridgehead atoms. The van der Waals surface area contributed by atoms with Crippen molar-refractivity contribution in [1.29, 1.82) is 0 Å². The first-order chi connectivity index (χ1) is 19.4. The van der Waals surface area contributed by atoms with Crippen LogP contribution in [0, 0.1) is 24.7 Å². The van der Waals surface area contributed by atoms with Crippen LogP contribution in [-0.4, -0.2) is 38.6 Å². The average Bonchev–Trinajstić information content (AvgIpc) is 3.25. The molecule has 1 aliphatic rings. The van der Waals surface area contributed by atoms with Crippen LogP contribution < -0.4 is 20.5 Å². The molecule has 1 fully saturated rings. The Morgan fingerprint density at radius 3 is 2.70 bits per heavy atom. The number of nitrogen functional groups attached to an aromatic ring is 1. The van der Waals surface area contributed by atoms with Crippen molar-refractivity contribution >= 4 is 22.8 Å². The second kappa shape index (κ2) is 11.5. The number of methoxy groups -OCH3 is 1. The van der Waals surface area contributed by atoms with Gasteiger partial charge in [-0.05, 0) is 68.4 Å². The fraction of sp³-hybridized carbons (Fsp3) is 0.290. The van der Waals surface area contributed by atoms with Gasteiger partial charge in [-0.25, -0.2) is 15.0 Å². The number of ether oxygens (including phenoxy) is 2. The van der Waals surface area contributed by atoms with Crippen molar-refractivity contribution in [3.63, 3.8) is 0 Å². The number of nitrogens with one attached hydrogen (secondary N) is 1. The zero-order valence-electron chi connectivity index (χ0n) is 22.9. The van der Waals surface area contributed by atoms with Gasteiger partial charge in [0.05, 0.1) is 12.5 Å². The number of aromatic nitrogens is 4. The number of carbonyl (C=O) groups excluding carboxylic acids is 1. The molecule has 9 heteroatoms. The van der Waals surface area contributed by atoms with Gasteiger partial charge in [0.2, 0.25) is 11.8 Å². The van der Waals surface area contributed by atoms with Crippen LogP contribution in [0.25, 0.3) is 22.2 Å². The maximum absolute atomic E-state index is 11.7. The normalized spacial score (nSPS) is 16.6. The minimum atomic E-state index is -0.129. The number of anilines is 1. The van der Waals surface area contributed by atoms with Crippen molar-refractivity contribution in [3.8, 4) is 40.3 Å². The summed E-state index contributed by atoms with van der Waals surface area (Å²) in [5.74, 6) is 8.96. The van der Waals surface area contributed by atoms with E-state index in [1.54, 1.807) is 13.2 Å². The zero-order valence-corrected chi connectivity index (χ0v) is 22.9. The highest BCUT2D eigenvalue weighted by Gasteiger charge is 2.23. The second-order valence-corrected chi connectivity index (χ2v) is 9.86. The number of aryl methyl sites for hydroxylation is 2. The molecular weight excluding hydrogens is 504 g/mol. The van der Waals surface area contributed by atoms with E-state index in [0.29, 0.717) is 28.8 Å². The molecule has 0 unspecified atom stereocenters. The van der Waals surface area contributed by atoms with Crippen LogP contribution in [0.15, 0.2) is 55.4 Å². The van der Waals surface area contributed by atoms with E-state index in [-0.39, 0.29) is 17.9 Å². The molecule has 1 aromatic carbocycles. The van der Waals surface area contributed by atoms with E-state index >= 15 is 0 Å². The van der Waals surface area contributed by atoms with Crippen molar-refractivity contribution in [2.45, 2.75) is 38.6 Å². The van der Waals surface area contributed by atoms with Crippen LogP contribution in [0.4, 0.5) is 5.82 Å². The van der Waals surface area contributed by atoms with Crippen LogP contribution >= 0.6 is 0 Å². The summed E-state index contributed by atoms with van der Waals surface area (Å²) in [6, 6.07) is 11.5. The predicted octanol–water partition coefficient (Wildman–Crippen LogP) is 4.93. The highest BCUT2D eigenvalue weighted by Crippen LogP contribution is 2.40. The highest BCUT2D eigenvalue weighted by molar-refractivity contribution is 6.03. The summed E-state index contributed by atoms with van der Waals surface area (Å²) >= 11 is 0. The van der Waals surface area contributed by atoms with Crippen molar-refractivity contribution in [3.05, 3.63) is 66.8 Å². The topological polar surface area (TPSA) is 117 Å². The lowest BCUT2D eigenvalue weighted by Gasteiger charge is -2.26. The highest BCUT2D eigenvalue weighted by atomic mass is 16.5. The number of rotatable bonds is 6. The van der Waals surface area contributed by atoms with Gasteiger partial charge < -0.3 is 25.1 Å². The van der Waals surface area contributed by atoms with Crippen molar-refractivity contribution < 1.29 is 14.3 Å². The average molecular weight is 537 g/mol. The molecule has 1 amide bonds. The minimum Gasteiger partial charge on any atom is -0.493 e. The van der Waals surface area contributed by atoms with Gasteiger partial charge in [0.1, 0.15) is 23.5 Å². The molecule has 3 N–H and O–H groups in total. The molecule has 0 saturated heterocycles. The van der Waals surface area contributed by atoms with Gasteiger partial charge in [-0.2, -0.15) is 0 Å². The SMILES string of the molecule is C=CC(=O)N[C@H]1CC[C@H](C#Cc2c(-c3ccc(Oc4cccc(C)n4)c(OC)c3)c3c(N)ncnc3n2C)CC1. The summed E-state index contributed by atoms with van der Waals surface area (Å²) in [5.41, 5.74) is 10.4. The Morgan fingerprint density at radius 1 is 1.18 bits per heavy atom. The molecular formula is C31H32N6O3. The molecule has 0 radical (unpaired) electrons. The van der Waals surface area contributed by atoms with Gasteiger partial charge in [0, 0.05) is 36.3 Å². The number of benzene rings is 1. The number of hydrogen-bond donors (Lipinski definition) is 2. The molecule has 3 heterocycles. The fourth-order valence-electron chi connectivity index (χ4n) is 5.11. The lowest BCUT2D eigenvalue weighted by atomic mass is 9.86. The molecule has 40 heavy (non-hydrogen) atoms. The molecule has 1 aliphatic carbocycles. The number of nitrogens with two attached hydrogens (primary N) is 1. The molecule has 3 aromatic heterocycles. The lowest BCUT2D eigenvalue weighted by Crippen LogP contribution is -2.36. The summed E-state index contributed by atoms with van der Waals surface area (Å²) in [6.07, 6.45) is 6.35. The first kappa shape index (κ1) is 26.8. The molecule has 9 nitrogen and oxygen atoms in total. The van der Waals surface area contributed by atoms with E-state index in [2.05, 4.69) is 38.7 Å². The van der Waals surface area contributed by atoms with Crippen molar-refractivity contribution in [2.75, 3.05) is 12.8 Å². The zero-order chi connectivity index (χ0) is 28.2. The molecule has 0 aliphatic heterocycles. The van der Waals surface area contributed by atoms with E-state index in [1.165, 1.54) is 12.4 Å². The van der Waals surface area contributed by atoms with Crippen LogP contribution in [0.2, 0.25) is 0 Å². The third kappa shape index (κ3) is 5.47. The molecule has 4 aromatic rings. The van der Waals surface area contributed by atoms with E-state index in [0.717, 1.165) is 53.6 Å². The molecule has 5 rings (SSSR count). The smallest absolute Gasteiger partial charge is 0.243 e. The largest absolute Gasteiger partial charge is 0.493 e. The Kier molecular flexibility index (Phi) is 7.69. The number of fused-ring (bicyclic) bond motifs is 1. The van der Waals surface area contributed by atoms with Gasteiger partial charge in [-0.3, -0.25) is 4.79 Å². The molecule has 204 valence electrons. The second-order valence-electron chi connectivity index (χ2n) is 9.86. The third-order valence-electron chi connectivity index (χ3n) is 7.18. The van der Waals surface area contributed by atoms with E-state index in [4.69, 9.17) is 15.2 Å². The summed E-state index contributed by atoms with van der Waals surface area (Å²) in [5, 5.41) is 3.73. The van der Waals surface area contributed by atoms with Gasteiger partial charge in [0.15, 0.2) is 11.5 Å². The summed E-state index contributed by atoms with van der Waals surface area (Å²) in [6.45, 7) is 5.45. The summed E-state index contributed by atoms with van der Waals surface area (Å²) in [4.78, 5) is 24.9. The Morgan fingerprint density at radius 2 is 1.98 bits per heavy atom. The first-order valence-corrected chi connectivity index (χ1v) is 13.2. The molecule has 0 atom stereocenters. The minimum absolute atomic E-state index is 0.129. The standard InChI is InChI=1S/C31H32N6O3/c1-5-26(38)36-22-13-9-20(10-14-22)11-15-23-28(29-30(32)33-18-34-31(29)37(23)3)21-12-16-24(25(17-21)39-4)40-27-8-6-7-19(2)35-27/h5-8,12,16-18,20,22H,1,9-10,13-14H2,2-4H3,(H,36,38)(H2,32,33,34)/t20-,22-. The Balaban J connectivity index is 1.51. The van der Waals surface area contributed by atoms with Crippen LogP contribution in [-0.2, 0) is 11.8 Å². The number of hydrogen-bond acceptors (Lipinski definition) is 7. The van der Waals surface area contributed by atoms with E-state index < -0.39 is 0 Å². The quantitative estimate of drug-likeness (QED) is 0.265. The third-order valence-corrected chi connectivity index (χ3v) is 7.18. The van der Waals surface area contributed by atoms with Crippen LogP contribution in [0.3, 0.4) is 0 Å². The van der Waals surface area contributed by atoms with E-state index in [1.807, 2.05) is 48.9 Å². The number of pyridine rings is 1. The Labute approximate surface area is 233 Å². The fourth-order valence-corrected chi connectivity index (χ4v) is 5.11. The van der Waals surface area contributed by atoms with Gasteiger partial charge in [-0.15, -0.1) is 0 Å². The van der Waals surface area contributed by atoms with Crippen molar-refractivity contribution in [2.24, 2.45) is 13.0 Å². The Hall–Kier alpha value is -4.84. The molecule has 0 spiro atoms. The van der Waals surface area contributed by atoms with Gasteiger partial charge in [0.25, 0.3) is 0 Å². The van der Waals surface area contributed by atoms with Crippen molar-refractivity contribution in [1.82, 2.24) is 24.8 Å². The van der Waals surface area contributed by atoms with E-state index in [9.17, 15) is 4.79 Å². The summed E-state index contributed by atoms with van der Waals surface area (Å²) in [7, 11) is 3.53. The first-order valence-electron chi connectivity index (χ1n) is 13.2. The van der Waals surface area contributed by atoms with Crippen LogP contribution in [0.5, 0.6) is 17.4 Å². The Bertz CT molecular complexity index is 1640. The maximum Gasteiger partial charge on any atom is 0.243 e.